The lowest BCUT2D eigenvalue weighted by molar-refractivity contribution is -0.150. The summed E-state index contributed by atoms with van der Waals surface area (Å²) in [6.07, 6.45) is 2.67. The standard InChI is InChI=1S/C25H33NO5S2/c1-6-11-25(12-7-2)22(27)20(23(28)31-25)21(24(3,4)5)18-10-8-9-17(13-18)15-33(29,30)19-14-32-16-26-19/h8-10,13-14,16,21,27H,6-7,11-12,15H2,1-5H3. The predicted octanol–water partition coefficient (Wildman–Crippen LogP) is 5.95. The number of aromatic nitrogens is 1. The third-order valence-corrected chi connectivity index (χ3v) is 8.34. The molecule has 2 heterocycles. The lowest BCUT2D eigenvalue weighted by atomic mass is 9.71. The van der Waals surface area contributed by atoms with E-state index in [2.05, 4.69) is 4.98 Å². The van der Waals surface area contributed by atoms with Crippen LogP contribution < -0.4 is 0 Å². The third kappa shape index (κ3) is 5.17. The molecule has 1 aliphatic rings. The summed E-state index contributed by atoms with van der Waals surface area (Å²) in [5, 5.41) is 12.9. The van der Waals surface area contributed by atoms with Crippen LogP contribution in [0.3, 0.4) is 0 Å². The van der Waals surface area contributed by atoms with Gasteiger partial charge in [-0.25, -0.2) is 18.2 Å². The highest BCUT2D eigenvalue weighted by atomic mass is 32.2. The van der Waals surface area contributed by atoms with Crippen molar-refractivity contribution in [1.82, 2.24) is 4.98 Å². The Balaban J connectivity index is 2.07. The molecule has 2 aromatic rings. The third-order valence-electron chi connectivity index (χ3n) is 6.03. The number of cyclic esters (lactones) is 1. The van der Waals surface area contributed by atoms with Gasteiger partial charge in [-0.15, -0.1) is 11.3 Å². The minimum atomic E-state index is -3.58. The molecule has 1 atom stereocenters. The summed E-state index contributed by atoms with van der Waals surface area (Å²) in [7, 11) is -3.58. The summed E-state index contributed by atoms with van der Waals surface area (Å²) in [6, 6.07) is 7.24. The van der Waals surface area contributed by atoms with Crippen LogP contribution in [-0.2, 0) is 25.1 Å². The second-order valence-corrected chi connectivity index (χ2v) is 12.4. The number of hydrogen-bond donors (Lipinski definition) is 1. The number of sulfone groups is 1. The Bertz CT molecular complexity index is 1120. The van der Waals surface area contributed by atoms with Gasteiger partial charge in [0.2, 0.25) is 9.84 Å². The van der Waals surface area contributed by atoms with Crippen molar-refractivity contribution in [2.24, 2.45) is 5.41 Å². The van der Waals surface area contributed by atoms with Crippen molar-refractivity contribution in [2.75, 3.05) is 0 Å². The van der Waals surface area contributed by atoms with E-state index in [1.165, 1.54) is 22.2 Å². The van der Waals surface area contributed by atoms with Gasteiger partial charge in [0, 0.05) is 11.3 Å². The predicted molar refractivity (Wildman–Crippen MR) is 130 cm³/mol. The summed E-state index contributed by atoms with van der Waals surface area (Å²) < 4.78 is 31.3. The highest BCUT2D eigenvalue weighted by Crippen LogP contribution is 2.49. The van der Waals surface area contributed by atoms with Gasteiger partial charge < -0.3 is 9.84 Å². The molecule has 0 saturated heterocycles. The molecule has 3 rings (SSSR count). The number of aliphatic hydroxyl groups is 1. The van der Waals surface area contributed by atoms with E-state index < -0.39 is 32.7 Å². The number of thiazole rings is 1. The van der Waals surface area contributed by atoms with Gasteiger partial charge >= 0.3 is 5.97 Å². The van der Waals surface area contributed by atoms with Crippen LogP contribution in [0.2, 0.25) is 0 Å². The normalized spacial score (nSPS) is 17.3. The molecule has 0 amide bonds. The van der Waals surface area contributed by atoms with E-state index in [9.17, 15) is 18.3 Å². The quantitative estimate of drug-likeness (QED) is 0.435. The smallest absolute Gasteiger partial charge is 0.339 e. The molecule has 33 heavy (non-hydrogen) atoms. The molecule has 0 saturated carbocycles. The zero-order valence-electron chi connectivity index (χ0n) is 19.9. The van der Waals surface area contributed by atoms with Crippen molar-refractivity contribution < 1.29 is 23.1 Å². The number of hydrogen-bond acceptors (Lipinski definition) is 7. The van der Waals surface area contributed by atoms with E-state index in [0.29, 0.717) is 18.4 Å². The zero-order valence-corrected chi connectivity index (χ0v) is 21.6. The number of ether oxygens (including phenoxy) is 1. The Morgan fingerprint density at radius 2 is 1.85 bits per heavy atom. The van der Waals surface area contributed by atoms with E-state index in [1.54, 1.807) is 12.1 Å². The summed E-state index contributed by atoms with van der Waals surface area (Å²) >= 11 is 1.24. The molecule has 1 N–H and O–H groups in total. The molecule has 6 nitrogen and oxygen atoms in total. The summed E-state index contributed by atoms with van der Waals surface area (Å²) in [4.78, 5) is 17.1. The minimum absolute atomic E-state index is 0.0247. The maximum absolute atomic E-state index is 13.1. The fourth-order valence-electron chi connectivity index (χ4n) is 4.76. The van der Waals surface area contributed by atoms with Crippen LogP contribution in [0.4, 0.5) is 0 Å². The molecular weight excluding hydrogens is 458 g/mol. The molecule has 0 aliphatic carbocycles. The van der Waals surface area contributed by atoms with Crippen LogP contribution in [0.1, 0.15) is 77.3 Å². The Hall–Kier alpha value is -2.19. The minimum Gasteiger partial charge on any atom is -0.507 e. The topological polar surface area (TPSA) is 93.6 Å². The van der Waals surface area contributed by atoms with Gasteiger partial charge in [-0.05, 0) is 29.4 Å². The molecule has 0 spiro atoms. The maximum Gasteiger partial charge on any atom is 0.339 e. The van der Waals surface area contributed by atoms with Crippen molar-refractivity contribution in [3.8, 4) is 0 Å². The van der Waals surface area contributed by atoms with Crippen LogP contribution in [0.15, 0.2) is 51.5 Å². The maximum atomic E-state index is 13.1. The van der Waals surface area contributed by atoms with Gasteiger partial charge in [0.05, 0.1) is 16.8 Å². The second kappa shape index (κ2) is 9.58. The first-order valence-corrected chi connectivity index (χ1v) is 13.9. The van der Waals surface area contributed by atoms with Gasteiger partial charge in [0.1, 0.15) is 5.76 Å². The monoisotopic (exact) mass is 491 g/mol. The zero-order chi connectivity index (χ0) is 24.4. The van der Waals surface area contributed by atoms with Crippen LogP contribution in [-0.4, -0.2) is 30.1 Å². The average Bonchev–Trinajstić information content (AvgIpc) is 3.32. The van der Waals surface area contributed by atoms with Gasteiger partial charge in [0.15, 0.2) is 10.6 Å². The van der Waals surface area contributed by atoms with E-state index >= 15 is 0 Å². The number of carbonyl (C=O) groups is 1. The van der Waals surface area contributed by atoms with Crippen LogP contribution >= 0.6 is 11.3 Å². The molecule has 1 aromatic carbocycles. The van der Waals surface area contributed by atoms with E-state index in [1.807, 2.05) is 46.8 Å². The molecule has 180 valence electrons. The number of rotatable bonds is 9. The SMILES string of the molecule is CCCC1(CCC)OC(=O)C(C(c2cccc(CS(=O)(=O)c3cscn3)c2)C(C)(C)C)=C1O. The molecular formula is C25H33NO5S2. The van der Waals surface area contributed by atoms with Crippen LogP contribution in [0.5, 0.6) is 0 Å². The summed E-state index contributed by atoms with van der Waals surface area (Å²) in [5.41, 5.74) is 1.75. The van der Waals surface area contributed by atoms with Gasteiger partial charge in [-0.2, -0.15) is 0 Å². The Labute approximate surface area is 200 Å². The Morgan fingerprint density at radius 1 is 1.18 bits per heavy atom. The molecule has 1 unspecified atom stereocenters. The number of nitrogens with zero attached hydrogens (tertiary/aromatic N) is 1. The van der Waals surface area contributed by atoms with Crippen molar-refractivity contribution in [2.45, 2.75) is 82.6 Å². The Morgan fingerprint density at radius 3 is 2.39 bits per heavy atom. The highest BCUT2D eigenvalue weighted by molar-refractivity contribution is 7.90. The fraction of sp³-hybridized carbons (Fsp3) is 0.520. The highest BCUT2D eigenvalue weighted by Gasteiger charge is 2.51. The molecule has 0 fully saturated rings. The lowest BCUT2D eigenvalue weighted by Crippen LogP contribution is -2.31. The van der Waals surface area contributed by atoms with Gasteiger partial charge in [-0.1, -0.05) is 71.7 Å². The first-order valence-electron chi connectivity index (χ1n) is 11.3. The molecule has 0 bridgehead atoms. The molecule has 1 aromatic heterocycles. The summed E-state index contributed by atoms with van der Waals surface area (Å²) in [5.74, 6) is -1.11. The molecule has 0 radical (unpaired) electrons. The number of carbonyl (C=O) groups excluding carboxylic acids is 1. The Kier molecular flexibility index (Phi) is 7.39. The van der Waals surface area contributed by atoms with E-state index in [4.69, 9.17) is 4.74 Å². The van der Waals surface area contributed by atoms with Crippen molar-refractivity contribution in [3.05, 3.63) is 57.6 Å². The number of aliphatic hydroxyl groups excluding tert-OH is 1. The fourth-order valence-corrected chi connectivity index (χ4v) is 6.97. The molecule has 8 heteroatoms. The van der Waals surface area contributed by atoms with Gasteiger partial charge in [0.25, 0.3) is 0 Å². The van der Waals surface area contributed by atoms with E-state index in [-0.39, 0.29) is 22.1 Å². The van der Waals surface area contributed by atoms with Crippen molar-refractivity contribution >= 4 is 27.1 Å². The largest absolute Gasteiger partial charge is 0.507 e. The first-order chi connectivity index (χ1) is 15.4. The number of esters is 1. The van der Waals surface area contributed by atoms with Crippen molar-refractivity contribution in [3.63, 3.8) is 0 Å². The van der Waals surface area contributed by atoms with Gasteiger partial charge in [-0.3, -0.25) is 0 Å². The molecule has 1 aliphatic heterocycles. The first kappa shape index (κ1) is 25.4. The van der Waals surface area contributed by atoms with Crippen LogP contribution in [0.25, 0.3) is 0 Å². The van der Waals surface area contributed by atoms with Crippen LogP contribution in [0, 0.1) is 5.41 Å². The average molecular weight is 492 g/mol. The number of benzene rings is 1. The second-order valence-electron chi connectivity index (χ2n) is 9.78. The van der Waals surface area contributed by atoms with Crippen molar-refractivity contribution in [1.29, 1.82) is 0 Å². The lowest BCUT2D eigenvalue weighted by Gasteiger charge is -2.31. The summed E-state index contributed by atoms with van der Waals surface area (Å²) in [6.45, 7) is 10.0. The van der Waals surface area contributed by atoms with E-state index in [0.717, 1.165) is 18.4 Å².